The smallest absolute Gasteiger partial charge is 0.123 e. The summed E-state index contributed by atoms with van der Waals surface area (Å²) in [6.07, 6.45) is 0. The van der Waals surface area contributed by atoms with Crippen molar-refractivity contribution in [2.24, 2.45) is 11.7 Å². The lowest BCUT2D eigenvalue weighted by Gasteiger charge is -2.19. The van der Waals surface area contributed by atoms with Gasteiger partial charge in [0.05, 0.1) is 0 Å². The third-order valence-corrected chi connectivity index (χ3v) is 3.56. The van der Waals surface area contributed by atoms with Crippen LogP contribution < -0.4 is 5.73 Å². The summed E-state index contributed by atoms with van der Waals surface area (Å²) in [4.78, 5) is 0. The highest BCUT2D eigenvalue weighted by atomic mass is 19.1. The summed E-state index contributed by atoms with van der Waals surface area (Å²) in [6, 6.07) is 14.9. The minimum atomic E-state index is -0.205. The van der Waals surface area contributed by atoms with Crippen molar-refractivity contribution in [1.29, 1.82) is 0 Å². The van der Waals surface area contributed by atoms with E-state index >= 15 is 0 Å². The molecule has 100 valence electrons. The van der Waals surface area contributed by atoms with E-state index in [9.17, 15) is 4.39 Å². The lowest BCUT2D eigenvalue weighted by molar-refractivity contribution is 0.506. The second-order valence-electron chi connectivity index (χ2n) is 5.22. The molecule has 0 aliphatic heterocycles. The Morgan fingerprint density at radius 2 is 1.68 bits per heavy atom. The molecule has 1 unspecified atom stereocenters. The van der Waals surface area contributed by atoms with Crippen LogP contribution in [0.15, 0.2) is 48.5 Å². The second-order valence-corrected chi connectivity index (χ2v) is 5.22. The van der Waals surface area contributed by atoms with Crippen molar-refractivity contribution in [3.8, 4) is 11.1 Å². The molecule has 0 bridgehead atoms. The van der Waals surface area contributed by atoms with Crippen molar-refractivity contribution in [2.45, 2.75) is 19.8 Å². The fraction of sp³-hybridized carbons (Fsp3) is 0.294. The lowest BCUT2D eigenvalue weighted by atomic mass is 9.88. The topological polar surface area (TPSA) is 26.0 Å². The molecule has 0 aromatic heterocycles. The van der Waals surface area contributed by atoms with Crippen molar-refractivity contribution >= 4 is 0 Å². The van der Waals surface area contributed by atoms with Crippen LogP contribution in [0, 0.1) is 11.7 Å². The number of hydrogen-bond acceptors (Lipinski definition) is 1. The molecule has 1 atom stereocenters. The summed E-state index contributed by atoms with van der Waals surface area (Å²) in [5.41, 5.74) is 9.01. The zero-order valence-corrected chi connectivity index (χ0v) is 11.4. The first-order chi connectivity index (χ1) is 9.11. The third kappa shape index (κ3) is 3.21. The highest BCUT2D eigenvalue weighted by Crippen LogP contribution is 2.26. The van der Waals surface area contributed by atoms with Crippen LogP contribution in [0.2, 0.25) is 0 Å². The van der Waals surface area contributed by atoms with E-state index in [1.165, 1.54) is 11.6 Å². The van der Waals surface area contributed by atoms with Gasteiger partial charge in [-0.25, -0.2) is 4.39 Å². The molecule has 0 heterocycles. The van der Waals surface area contributed by atoms with Crippen molar-refractivity contribution < 1.29 is 4.39 Å². The number of hydrogen-bond donors (Lipinski definition) is 1. The van der Waals surface area contributed by atoms with E-state index in [0.717, 1.165) is 11.1 Å². The van der Waals surface area contributed by atoms with Crippen LogP contribution in [0.4, 0.5) is 4.39 Å². The normalized spacial score (nSPS) is 12.7. The van der Waals surface area contributed by atoms with Gasteiger partial charge in [-0.15, -0.1) is 0 Å². The zero-order valence-electron chi connectivity index (χ0n) is 11.4. The first kappa shape index (κ1) is 13.8. The molecule has 0 saturated carbocycles. The molecule has 0 spiro atoms. The summed E-state index contributed by atoms with van der Waals surface area (Å²) >= 11 is 0. The van der Waals surface area contributed by atoms with Crippen molar-refractivity contribution in [3.63, 3.8) is 0 Å². The average Bonchev–Trinajstić information content (AvgIpc) is 2.40. The Balaban J connectivity index is 2.28. The Bertz CT molecular complexity index is 531. The molecule has 0 amide bonds. The largest absolute Gasteiger partial charge is 0.330 e. The van der Waals surface area contributed by atoms with E-state index in [-0.39, 0.29) is 5.82 Å². The van der Waals surface area contributed by atoms with Crippen LogP contribution in [0.1, 0.15) is 25.3 Å². The highest BCUT2D eigenvalue weighted by molar-refractivity contribution is 5.63. The Kier molecular flexibility index (Phi) is 4.33. The van der Waals surface area contributed by atoms with E-state index in [0.29, 0.717) is 18.4 Å². The molecular formula is C17H20FN. The zero-order chi connectivity index (χ0) is 13.8. The van der Waals surface area contributed by atoms with Crippen LogP contribution in [-0.2, 0) is 0 Å². The van der Waals surface area contributed by atoms with E-state index < -0.39 is 0 Å². The SMILES string of the molecule is CC(C)C(CN)c1ccc(-c2cccc(F)c2)cc1. The Morgan fingerprint density at radius 1 is 1.00 bits per heavy atom. The predicted octanol–water partition coefficient (Wildman–Crippen LogP) is 4.19. The molecule has 1 nitrogen and oxygen atoms in total. The van der Waals surface area contributed by atoms with Gasteiger partial charge < -0.3 is 5.73 Å². The Morgan fingerprint density at radius 3 is 2.21 bits per heavy atom. The highest BCUT2D eigenvalue weighted by Gasteiger charge is 2.13. The number of halogens is 1. The average molecular weight is 257 g/mol. The quantitative estimate of drug-likeness (QED) is 0.873. The van der Waals surface area contributed by atoms with Crippen LogP contribution in [0.25, 0.3) is 11.1 Å². The molecule has 0 saturated heterocycles. The second kappa shape index (κ2) is 5.98. The molecule has 2 aromatic carbocycles. The van der Waals surface area contributed by atoms with Crippen molar-refractivity contribution in [3.05, 3.63) is 59.9 Å². The van der Waals surface area contributed by atoms with Crippen LogP contribution in [0.3, 0.4) is 0 Å². The molecule has 2 heteroatoms. The summed E-state index contributed by atoms with van der Waals surface area (Å²) in [7, 11) is 0. The van der Waals surface area contributed by atoms with Gasteiger partial charge in [-0.1, -0.05) is 50.2 Å². The Hall–Kier alpha value is -1.67. The van der Waals surface area contributed by atoms with Crippen LogP contribution in [0.5, 0.6) is 0 Å². The molecule has 2 N–H and O–H groups in total. The molecule has 2 aromatic rings. The maximum absolute atomic E-state index is 13.2. The van der Waals surface area contributed by atoms with Gasteiger partial charge in [0.15, 0.2) is 0 Å². The summed E-state index contributed by atoms with van der Waals surface area (Å²) < 4.78 is 13.2. The van der Waals surface area contributed by atoms with Crippen LogP contribution >= 0.6 is 0 Å². The van der Waals surface area contributed by atoms with Gasteiger partial charge >= 0.3 is 0 Å². The van der Waals surface area contributed by atoms with Crippen LogP contribution in [-0.4, -0.2) is 6.54 Å². The molecule has 0 aliphatic rings. The van der Waals surface area contributed by atoms with Gasteiger partial charge in [-0.3, -0.25) is 0 Å². The monoisotopic (exact) mass is 257 g/mol. The maximum Gasteiger partial charge on any atom is 0.123 e. The van der Waals surface area contributed by atoms with Gasteiger partial charge in [0.2, 0.25) is 0 Å². The first-order valence-electron chi connectivity index (χ1n) is 6.67. The standard InChI is InChI=1S/C17H20FN/c1-12(2)17(11-19)14-8-6-13(7-9-14)15-4-3-5-16(18)10-15/h3-10,12,17H,11,19H2,1-2H3. The lowest BCUT2D eigenvalue weighted by Crippen LogP contribution is -2.17. The summed E-state index contributed by atoms with van der Waals surface area (Å²) in [5, 5.41) is 0. The number of benzene rings is 2. The van der Waals surface area contributed by atoms with Gasteiger partial charge in [0, 0.05) is 0 Å². The Labute approximate surface area is 114 Å². The third-order valence-electron chi connectivity index (χ3n) is 3.56. The fourth-order valence-corrected chi connectivity index (χ4v) is 2.38. The van der Waals surface area contributed by atoms with E-state index in [4.69, 9.17) is 5.73 Å². The number of rotatable bonds is 4. The minimum absolute atomic E-state index is 0.205. The summed E-state index contributed by atoms with van der Waals surface area (Å²) in [5.74, 6) is 0.690. The predicted molar refractivity (Wildman–Crippen MR) is 78.5 cm³/mol. The van der Waals surface area contributed by atoms with E-state index in [1.54, 1.807) is 12.1 Å². The maximum atomic E-state index is 13.2. The van der Waals surface area contributed by atoms with Crippen molar-refractivity contribution in [1.82, 2.24) is 0 Å². The molecular weight excluding hydrogens is 237 g/mol. The van der Waals surface area contributed by atoms with E-state index in [2.05, 4.69) is 26.0 Å². The molecule has 2 rings (SSSR count). The van der Waals surface area contributed by atoms with Gasteiger partial charge in [-0.05, 0) is 47.2 Å². The first-order valence-corrected chi connectivity index (χ1v) is 6.67. The molecule has 0 aliphatic carbocycles. The molecule has 0 radical (unpaired) electrons. The van der Waals surface area contributed by atoms with Crippen molar-refractivity contribution in [2.75, 3.05) is 6.54 Å². The van der Waals surface area contributed by atoms with Gasteiger partial charge in [-0.2, -0.15) is 0 Å². The fourth-order valence-electron chi connectivity index (χ4n) is 2.38. The van der Waals surface area contributed by atoms with Gasteiger partial charge in [0.1, 0.15) is 5.82 Å². The molecule has 0 fully saturated rings. The summed E-state index contributed by atoms with van der Waals surface area (Å²) in [6.45, 7) is 5.01. The molecule has 19 heavy (non-hydrogen) atoms. The number of nitrogens with two attached hydrogens (primary N) is 1. The van der Waals surface area contributed by atoms with E-state index in [1.807, 2.05) is 18.2 Å². The minimum Gasteiger partial charge on any atom is -0.330 e. The van der Waals surface area contributed by atoms with Gasteiger partial charge in [0.25, 0.3) is 0 Å².